The second kappa shape index (κ2) is 4.67. The number of thiophene rings is 1. The van der Waals surface area contributed by atoms with E-state index < -0.39 is 11.9 Å². The lowest BCUT2D eigenvalue weighted by molar-refractivity contribution is -0.138. The van der Waals surface area contributed by atoms with Crippen molar-refractivity contribution in [3.05, 3.63) is 47.1 Å². The molecule has 1 heterocycles. The third-order valence-corrected chi connectivity index (χ3v) is 3.61. The minimum absolute atomic E-state index is 0.288. The number of carboxylic acid groups (broad SMARTS) is 1. The fraction of sp³-hybridized carbons (Fsp3) is 0.154. The SMILES string of the molecule is CC(C(=O)O)c1csc(-c2ccccc2F)c1. The molecule has 0 aliphatic carbocycles. The van der Waals surface area contributed by atoms with Crippen LogP contribution in [-0.2, 0) is 4.79 Å². The lowest BCUT2D eigenvalue weighted by atomic mass is 10.0. The minimum atomic E-state index is -0.872. The smallest absolute Gasteiger partial charge is 0.310 e. The van der Waals surface area contributed by atoms with Crippen molar-refractivity contribution in [3.63, 3.8) is 0 Å². The third kappa shape index (κ3) is 2.36. The van der Waals surface area contributed by atoms with Gasteiger partial charge >= 0.3 is 5.97 Å². The molecule has 1 aromatic heterocycles. The first-order chi connectivity index (χ1) is 8.09. The topological polar surface area (TPSA) is 37.3 Å². The maximum Gasteiger partial charge on any atom is 0.310 e. The van der Waals surface area contributed by atoms with Gasteiger partial charge < -0.3 is 5.11 Å². The highest BCUT2D eigenvalue weighted by Gasteiger charge is 2.16. The van der Waals surface area contributed by atoms with E-state index in [1.54, 1.807) is 36.6 Å². The number of halogens is 1. The molecule has 0 fully saturated rings. The van der Waals surface area contributed by atoms with Crippen LogP contribution in [0.4, 0.5) is 4.39 Å². The molecule has 17 heavy (non-hydrogen) atoms. The van der Waals surface area contributed by atoms with E-state index in [1.807, 2.05) is 0 Å². The van der Waals surface area contributed by atoms with Crippen LogP contribution in [0, 0.1) is 5.82 Å². The van der Waals surface area contributed by atoms with Gasteiger partial charge in [0, 0.05) is 10.4 Å². The Labute approximate surface area is 102 Å². The van der Waals surface area contributed by atoms with E-state index in [0.717, 1.165) is 4.88 Å². The van der Waals surface area contributed by atoms with Crippen LogP contribution in [0.3, 0.4) is 0 Å². The Morgan fingerprint density at radius 3 is 2.76 bits per heavy atom. The first kappa shape index (κ1) is 11.8. The van der Waals surface area contributed by atoms with Crippen LogP contribution in [0.15, 0.2) is 35.7 Å². The van der Waals surface area contributed by atoms with Crippen molar-refractivity contribution in [3.8, 4) is 10.4 Å². The minimum Gasteiger partial charge on any atom is -0.481 e. The molecule has 0 bridgehead atoms. The van der Waals surface area contributed by atoms with Crippen molar-refractivity contribution in [2.24, 2.45) is 0 Å². The zero-order valence-electron chi connectivity index (χ0n) is 9.18. The fourth-order valence-corrected chi connectivity index (χ4v) is 2.55. The summed E-state index contributed by atoms with van der Waals surface area (Å²) in [4.78, 5) is 11.6. The standard InChI is InChI=1S/C13H11FO2S/c1-8(13(15)16)9-6-12(17-7-9)10-4-2-3-5-11(10)14/h2-8H,1H3,(H,15,16). The number of hydrogen-bond donors (Lipinski definition) is 1. The summed E-state index contributed by atoms with van der Waals surface area (Å²) in [6.07, 6.45) is 0. The molecule has 0 radical (unpaired) electrons. The number of aliphatic carboxylic acids is 1. The van der Waals surface area contributed by atoms with Crippen LogP contribution >= 0.6 is 11.3 Å². The summed E-state index contributed by atoms with van der Waals surface area (Å²) >= 11 is 1.36. The molecule has 1 aromatic carbocycles. The van der Waals surface area contributed by atoms with Gasteiger partial charge in [-0.25, -0.2) is 4.39 Å². The summed E-state index contributed by atoms with van der Waals surface area (Å²) in [5, 5.41) is 10.7. The molecule has 1 unspecified atom stereocenters. The molecular weight excluding hydrogens is 239 g/mol. The second-order valence-corrected chi connectivity index (χ2v) is 4.70. The second-order valence-electron chi connectivity index (χ2n) is 3.78. The Bertz CT molecular complexity index is 548. The molecular formula is C13H11FO2S. The number of rotatable bonds is 3. The van der Waals surface area contributed by atoms with Crippen molar-refractivity contribution in [1.82, 2.24) is 0 Å². The molecule has 0 saturated carbocycles. The predicted octanol–water partition coefficient (Wildman–Crippen LogP) is 3.74. The first-order valence-electron chi connectivity index (χ1n) is 5.15. The van der Waals surface area contributed by atoms with Gasteiger partial charge in [-0.15, -0.1) is 11.3 Å². The van der Waals surface area contributed by atoms with Crippen LogP contribution in [0.25, 0.3) is 10.4 Å². The summed E-state index contributed by atoms with van der Waals surface area (Å²) in [5.74, 6) is -1.72. The zero-order valence-corrected chi connectivity index (χ0v) is 10.00. The molecule has 1 N–H and O–H groups in total. The molecule has 1 atom stereocenters. The van der Waals surface area contributed by atoms with Gasteiger partial charge in [0.15, 0.2) is 0 Å². The first-order valence-corrected chi connectivity index (χ1v) is 6.03. The highest BCUT2D eigenvalue weighted by molar-refractivity contribution is 7.13. The van der Waals surface area contributed by atoms with Crippen LogP contribution in [0.5, 0.6) is 0 Å². The molecule has 0 amide bonds. The third-order valence-electron chi connectivity index (χ3n) is 2.63. The molecule has 0 aliphatic heterocycles. The van der Waals surface area contributed by atoms with Gasteiger partial charge in [0.05, 0.1) is 5.92 Å². The summed E-state index contributed by atoms with van der Waals surface area (Å²) in [5.41, 5.74) is 1.22. The highest BCUT2D eigenvalue weighted by atomic mass is 32.1. The largest absolute Gasteiger partial charge is 0.481 e. The van der Waals surface area contributed by atoms with Gasteiger partial charge in [0.25, 0.3) is 0 Å². The lowest BCUT2D eigenvalue weighted by Crippen LogP contribution is -2.05. The number of hydrogen-bond acceptors (Lipinski definition) is 2. The van der Waals surface area contributed by atoms with Gasteiger partial charge in [0.2, 0.25) is 0 Å². The monoisotopic (exact) mass is 250 g/mol. The van der Waals surface area contributed by atoms with Crippen molar-refractivity contribution >= 4 is 17.3 Å². The molecule has 2 rings (SSSR count). The van der Waals surface area contributed by atoms with Crippen molar-refractivity contribution in [1.29, 1.82) is 0 Å². The summed E-state index contributed by atoms with van der Waals surface area (Å²) in [6, 6.07) is 8.22. The fourth-order valence-electron chi connectivity index (χ4n) is 1.52. The number of carboxylic acids is 1. The average molecular weight is 250 g/mol. The zero-order chi connectivity index (χ0) is 12.4. The van der Waals surface area contributed by atoms with Crippen LogP contribution < -0.4 is 0 Å². The molecule has 2 nitrogen and oxygen atoms in total. The number of benzene rings is 1. The van der Waals surface area contributed by atoms with Gasteiger partial charge in [-0.2, -0.15) is 0 Å². The highest BCUT2D eigenvalue weighted by Crippen LogP contribution is 2.32. The van der Waals surface area contributed by atoms with Gasteiger partial charge in [-0.1, -0.05) is 18.2 Å². The van der Waals surface area contributed by atoms with Gasteiger partial charge in [-0.3, -0.25) is 4.79 Å². The lowest BCUT2D eigenvalue weighted by Gasteiger charge is -2.01. The Morgan fingerprint density at radius 1 is 1.41 bits per heavy atom. The van der Waals surface area contributed by atoms with Crippen LogP contribution in [0.1, 0.15) is 18.4 Å². The van der Waals surface area contributed by atoms with Gasteiger partial charge in [-0.05, 0) is 30.0 Å². The van der Waals surface area contributed by atoms with Gasteiger partial charge in [0.1, 0.15) is 5.82 Å². The summed E-state index contributed by atoms with van der Waals surface area (Å²) in [6.45, 7) is 1.62. The van der Waals surface area contributed by atoms with Crippen molar-refractivity contribution in [2.75, 3.05) is 0 Å². The van der Waals surface area contributed by atoms with E-state index in [2.05, 4.69) is 0 Å². The van der Waals surface area contributed by atoms with E-state index in [9.17, 15) is 9.18 Å². The average Bonchev–Trinajstić information content (AvgIpc) is 2.77. The molecule has 4 heteroatoms. The van der Waals surface area contributed by atoms with E-state index >= 15 is 0 Å². The Hall–Kier alpha value is -1.68. The summed E-state index contributed by atoms with van der Waals surface area (Å²) < 4.78 is 13.5. The molecule has 0 spiro atoms. The van der Waals surface area contributed by atoms with E-state index in [0.29, 0.717) is 11.1 Å². The normalized spacial score (nSPS) is 12.4. The number of carbonyl (C=O) groups is 1. The summed E-state index contributed by atoms with van der Waals surface area (Å²) in [7, 11) is 0. The van der Waals surface area contributed by atoms with E-state index in [4.69, 9.17) is 5.11 Å². The Balaban J connectivity index is 2.37. The Kier molecular flexibility index (Phi) is 3.24. The molecule has 0 aliphatic rings. The van der Waals surface area contributed by atoms with E-state index in [-0.39, 0.29) is 5.82 Å². The van der Waals surface area contributed by atoms with Crippen LogP contribution in [-0.4, -0.2) is 11.1 Å². The van der Waals surface area contributed by atoms with Crippen molar-refractivity contribution in [2.45, 2.75) is 12.8 Å². The maximum absolute atomic E-state index is 13.5. The van der Waals surface area contributed by atoms with Crippen molar-refractivity contribution < 1.29 is 14.3 Å². The van der Waals surface area contributed by atoms with E-state index in [1.165, 1.54) is 17.4 Å². The molecule has 0 saturated heterocycles. The quantitative estimate of drug-likeness (QED) is 0.901. The maximum atomic E-state index is 13.5. The predicted molar refractivity (Wildman–Crippen MR) is 65.8 cm³/mol. The Morgan fingerprint density at radius 2 is 2.12 bits per heavy atom. The van der Waals surface area contributed by atoms with Crippen LogP contribution in [0.2, 0.25) is 0 Å². The molecule has 2 aromatic rings. The molecule has 88 valence electrons.